The molecule has 2 amide bonds. The van der Waals surface area contributed by atoms with Crippen molar-refractivity contribution in [1.29, 1.82) is 0 Å². The van der Waals surface area contributed by atoms with Crippen molar-refractivity contribution in [1.82, 2.24) is 10.2 Å². The number of esters is 1. The minimum absolute atomic E-state index is 0.0986. The Morgan fingerprint density at radius 3 is 2.43 bits per heavy atom. The van der Waals surface area contributed by atoms with Gasteiger partial charge in [-0.2, -0.15) is 0 Å². The summed E-state index contributed by atoms with van der Waals surface area (Å²) in [6.45, 7) is 6.70. The van der Waals surface area contributed by atoms with Crippen LogP contribution in [0.2, 0.25) is 10.0 Å². The maximum atomic E-state index is 13.2. The molecule has 0 saturated carbocycles. The summed E-state index contributed by atoms with van der Waals surface area (Å²) in [6.07, 6.45) is 2.04. The SMILES string of the molecule is CCCCNC(=O)c1ccc(CN2C(=O)CC(c3ccc(Cl)c(Cl)c3)C(C(=O)OCC)=C2C)cc1. The van der Waals surface area contributed by atoms with Gasteiger partial charge in [0.1, 0.15) is 0 Å². The molecule has 1 aliphatic rings. The quantitative estimate of drug-likeness (QED) is 0.333. The minimum Gasteiger partial charge on any atom is -0.463 e. The van der Waals surface area contributed by atoms with E-state index in [9.17, 15) is 14.4 Å². The first kappa shape index (κ1) is 26.8. The molecule has 35 heavy (non-hydrogen) atoms. The molecule has 1 heterocycles. The van der Waals surface area contributed by atoms with Crippen molar-refractivity contribution < 1.29 is 19.1 Å². The molecule has 0 bridgehead atoms. The largest absolute Gasteiger partial charge is 0.463 e. The number of benzene rings is 2. The maximum Gasteiger partial charge on any atom is 0.336 e. The number of carbonyl (C=O) groups excluding carboxylic acids is 3. The van der Waals surface area contributed by atoms with Gasteiger partial charge in [-0.25, -0.2) is 4.79 Å². The van der Waals surface area contributed by atoms with E-state index in [0.717, 1.165) is 24.0 Å². The van der Waals surface area contributed by atoms with Gasteiger partial charge in [0.25, 0.3) is 5.91 Å². The first-order valence-electron chi connectivity index (χ1n) is 11.8. The molecule has 3 rings (SSSR count). The van der Waals surface area contributed by atoms with Crippen molar-refractivity contribution in [2.45, 2.75) is 52.5 Å². The second-order valence-electron chi connectivity index (χ2n) is 8.44. The van der Waals surface area contributed by atoms with Gasteiger partial charge in [0.15, 0.2) is 0 Å². The van der Waals surface area contributed by atoms with Gasteiger partial charge >= 0.3 is 5.97 Å². The van der Waals surface area contributed by atoms with Crippen molar-refractivity contribution in [3.8, 4) is 0 Å². The highest BCUT2D eigenvalue weighted by atomic mass is 35.5. The van der Waals surface area contributed by atoms with Gasteiger partial charge in [0.2, 0.25) is 5.91 Å². The lowest BCUT2D eigenvalue weighted by atomic mass is 9.83. The van der Waals surface area contributed by atoms with Crippen LogP contribution in [0.25, 0.3) is 0 Å². The van der Waals surface area contributed by atoms with Crippen LogP contribution in [-0.4, -0.2) is 35.8 Å². The lowest BCUT2D eigenvalue weighted by Crippen LogP contribution is -2.38. The number of hydrogen-bond acceptors (Lipinski definition) is 4. The highest BCUT2D eigenvalue weighted by Gasteiger charge is 2.37. The molecule has 0 spiro atoms. The van der Waals surface area contributed by atoms with Gasteiger partial charge in [-0.1, -0.05) is 54.7 Å². The van der Waals surface area contributed by atoms with Crippen molar-refractivity contribution in [3.63, 3.8) is 0 Å². The van der Waals surface area contributed by atoms with E-state index in [1.807, 2.05) is 12.1 Å². The van der Waals surface area contributed by atoms with Crippen LogP contribution in [0.15, 0.2) is 53.7 Å². The molecule has 6 nitrogen and oxygen atoms in total. The highest BCUT2D eigenvalue weighted by Crippen LogP contribution is 2.39. The second-order valence-corrected chi connectivity index (χ2v) is 9.25. The number of ether oxygens (including phenoxy) is 1. The predicted octanol–water partition coefficient (Wildman–Crippen LogP) is 5.88. The smallest absolute Gasteiger partial charge is 0.336 e. The number of carbonyl (C=O) groups is 3. The van der Waals surface area contributed by atoms with Crippen molar-refractivity contribution >= 4 is 41.0 Å². The molecule has 186 valence electrons. The summed E-state index contributed by atoms with van der Waals surface area (Å²) in [5.74, 6) is -1.18. The average Bonchev–Trinajstić information content (AvgIpc) is 2.83. The summed E-state index contributed by atoms with van der Waals surface area (Å²) in [5.41, 5.74) is 3.11. The Morgan fingerprint density at radius 1 is 1.09 bits per heavy atom. The van der Waals surface area contributed by atoms with E-state index in [1.54, 1.807) is 49.1 Å². The lowest BCUT2D eigenvalue weighted by Gasteiger charge is -2.34. The zero-order chi connectivity index (χ0) is 25.5. The zero-order valence-corrected chi connectivity index (χ0v) is 21.7. The van der Waals surface area contributed by atoms with Crippen LogP contribution in [0.1, 0.15) is 67.4 Å². The van der Waals surface area contributed by atoms with E-state index >= 15 is 0 Å². The topological polar surface area (TPSA) is 75.7 Å². The number of unbranched alkanes of at least 4 members (excludes halogenated alkanes) is 1. The van der Waals surface area contributed by atoms with E-state index in [-0.39, 0.29) is 31.4 Å². The minimum atomic E-state index is -0.484. The predicted molar refractivity (Wildman–Crippen MR) is 137 cm³/mol. The first-order chi connectivity index (χ1) is 16.8. The van der Waals surface area contributed by atoms with Crippen LogP contribution >= 0.6 is 23.2 Å². The van der Waals surface area contributed by atoms with Crippen molar-refractivity contribution in [2.75, 3.05) is 13.2 Å². The summed E-state index contributed by atoms with van der Waals surface area (Å²) in [6, 6.07) is 12.3. The summed E-state index contributed by atoms with van der Waals surface area (Å²) < 4.78 is 5.34. The Hall–Kier alpha value is -2.83. The van der Waals surface area contributed by atoms with E-state index in [1.165, 1.54) is 0 Å². The molecule has 2 aromatic rings. The van der Waals surface area contributed by atoms with E-state index in [4.69, 9.17) is 27.9 Å². The summed E-state index contributed by atoms with van der Waals surface area (Å²) in [5, 5.41) is 3.66. The molecule has 1 aliphatic heterocycles. The first-order valence-corrected chi connectivity index (χ1v) is 12.5. The molecule has 8 heteroatoms. The van der Waals surface area contributed by atoms with Gasteiger partial charge in [0, 0.05) is 30.1 Å². The molecule has 2 aromatic carbocycles. The monoisotopic (exact) mass is 516 g/mol. The molecule has 0 radical (unpaired) electrons. The molecule has 0 aliphatic carbocycles. The number of rotatable bonds is 9. The fourth-order valence-electron chi connectivity index (χ4n) is 4.12. The third kappa shape index (κ3) is 6.44. The third-order valence-corrected chi connectivity index (χ3v) is 6.78. The lowest BCUT2D eigenvalue weighted by molar-refractivity contribution is -0.140. The number of nitrogens with zero attached hydrogens (tertiary/aromatic N) is 1. The fraction of sp³-hybridized carbons (Fsp3) is 0.370. The number of halogens is 2. The summed E-state index contributed by atoms with van der Waals surface area (Å²) in [7, 11) is 0. The van der Waals surface area contributed by atoms with Gasteiger partial charge in [0.05, 0.1) is 28.8 Å². The summed E-state index contributed by atoms with van der Waals surface area (Å²) in [4.78, 5) is 40.0. The number of amides is 2. The van der Waals surface area contributed by atoms with Crippen molar-refractivity contribution in [2.24, 2.45) is 0 Å². The standard InChI is InChI=1S/C27H30Cl2N2O4/c1-4-6-13-30-26(33)19-9-7-18(8-10-19)16-31-17(3)25(27(34)35-5-2)21(15-24(31)32)20-11-12-22(28)23(29)14-20/h7-12,14,21H,4-6,13,15-16H2,1-3H3,(H,30,33). The van der Waals surface area contributed by atoms with Crippen LogP contribution in [0, 0.1) is 0 Å². The van der Waals surface area contributed by atoms with Gasteiger partial charge in [-0.15, -0.1) is 0 Å². The van der Waals surface area contributed by atoms with Crippen LogP contribution < -0.4 is 5.32 Å². The van der Waals surface area contributed by atoms with Crippen LogP contribution in [0.4, 0.5) is 0 Å². The van der Waals surface area contributed by atoms with Gasteiger partial charge < -0.3 is 15.0 Å². The average molecular weight is 517 g/mol. The fourth-order valence-corrected chi connectivity index (χ4v) is 4.42. The highest BCUT2D eigenvalue weighted by molar-refractivity contribution is 6.42. The molecule has 0 fully saturated rings. The Morgan fingerprint density at radius 2 is 1.80 bits per heavy atom. The Balaban J connectivity index is 1.87. The molecule has 0 aromatic heterocycles. The Labute approximate surface area is 216 Å². The van der Waals surface area contributed by atoms with Crippen LogP contribution in [0.3, 0.4) is 0 Å². The number of nitrogens with one attached hydrogen (secondary N) is 1. The van der Waals surface area contributed by atoms with E-state index in [2.05, 4.69) is 12.2 Å². The Bertz CT molecular complexity index is 1130. The second kappa shape index (κ2) is 12.2. The zero-order valence-electron chi connectivity index (χ0n) is 20.2. The normalized spacial score (nSPS) is 15.9. The molecular formula is C27H30Cl2N2O4. The van der Waals surface area contributed by atoms with Crippen LogP contribution in [-0.2, 0) is 20.9 Å². The van der Waals surface area contributed by atoms with E-state index in [0.29, 0.717) is 33.4 Å². The maximum absolute atomic E-state index is 13.2. The molecular weight excluding hydrogens is 487 g/mol. The van der Waals surface area contributed by atoms with Gasteiger partial charge in [-0.05, 0) is 55.7 Å². The molecule has 1 atom stereocenters. The van der Waals surface area contributed by atoms with Crippen LogP contribution in [0.5, 0.6) is 0 Å². The summed E-state index contributed by atoms with van der Waals surface area (Å²) >= 11 is 12.3. The van der Waals surface area contributed by atoms with E-state index < -0.39 is 11.9 Å². The number of allylic oxidation sites excluding steroid dienone is 1. The van der Waals surface area contributed by atoms with Crippen molar-refractivity contribution in [3.05, 3.63) is 80.5 Å². The molecule has 1 unspecified atom stereocenters. The number of hydrogen-bond donors (Lipinski definition) is 1. The molecule has 0 saturated heterocycles. The molecule has 1 N–H and O–H groups in total. The van der Waals surface area contributed by atoms with Gasteiger partial charge in [-0.3, -0.25) is 9.59 Å². The third-order valence-electron chi connectivity index (χ3n) is 6.04. The Kier molecular flexibility index (Phi) is 9.35.